The van der Waals surface area contributed by atoms with Crippen LogP contribution < -0.4 is 4.74 Å². The average molecular weight is 367 g/mol. The molecule has 0 bridgehead atoms. The number of para-hydroxylation sites is 1. The molecule has 6 nitrogen and oxygen atoms in total. The summed E-state index contributed by atoms with van der Waals surface area (Å²) in [7, 11) is 1.89. The number of aryl methyl sites for hydroxylation is 1. The Morgan fingerprint density at radius 2 is 1.56 bits per heavy atom. The van der Waals surface area contributed by atoms with E-state index in [2.05, 4.69) is 5.10 Å². The van der Waals surface area contributed by atoms with Crippen molar-refractivity contribution in [2.45, 2.75) is 6.54 Å². The van der Waals surface area contributed by atoms with Crippen LogP contribution in [0.5, 0.6) is 11.5 Å². The summed E-state index contributed by atoms with van der Waals surface area (Å²) < 4.78 is 7.63. The van der Waals surface area contributed by atoms with E-state index in [1.165, 1.54) is 0 Å². The van der Waals surface area contributed by atoms with Crippen molar-refractivity contribution in [3.63, 3.8) is 0 Å². The average Bonchev–Trinajstić information content (AvgIpc) is 3.04. The smallest absolute Gasteiger partial charge is 0.127 e. The quantitative estimate of drug-likeness (QED) is 0.608. The monoisotopic (exact) mass is 367 g/mol. The third-order valence-electron chi connectivity index (χ3n) is 4.24. The highest BCUT2D eigenvalue weighted by molar-refractivity contribution is 5.63. The molecule has 0 amide bonds. The predicted molar refractivity (Wildman–Crippen MR) is 105 cm³/mol. The molecule has 27 heavy (non-hydrogen) atoms. The summed E-state index contributed by atoms with van der Waals surface area (Å²) in [5, 5.41) is 23.0. The van der Waals surface area contributed by atoms with Crippen LogP contribution in [-0.4, -0.2) is 51.2 Å². The fraction of sp³-hybridized carbons (Fsp3) is 0.286. The molecule has 3 rings (SSSR count). The van der Waals surface area contributed by atoms with Gasteiger partial charge in [0.2, 0.25) is 0 Å². The van der Waals surface area contributed by atoms with Gasteiger partial charge in [-0.05, 0) is 36.4 Å². The van der Waals surface area contributed by atoms with Crippen LogP contribution in [0.25, 0.3) is 11.3 Å². The number of rotatable bonds is 9. The zero-order valence-corrected chi connectivity index (χ0v) is 15.5. The van der Waals surface area contributed by atoms with Gasteiger partial charge >= 0.3 is 0 Å². The van der Waals surface area contributed by atoms with Gasteiger partial charge in [-0.2, -0.15) is 5.10 Å². The van der Waals surface area contributed by atoms with Crippen LogP contribution in [0.15, 0.2) is 60.8 Å². The number of hydrogen-bond acceptors (Lipinski definition) is 5. The minimum Gasteiger partial charge on any atom is -0.457 e. The first-order chi connectivity index (χ1) is 13.2. The van der Waals surface area contributed by atoms with E-state index in [0.29, 0.717) is 19.6 Å². The van der Waals surface area contributed by atoms with E-state index in [0.717, 1.165) is 28.3 Å². The Labute approximate surface area is 159 Å². The molecule has 0 spiro atoms. The number of aliphatic hydroxyl groups excluding tert-OH is 2. The topological polar surface area (TPSA) is 70.8 Å². The summed E-state index contributed by atoms with van der Waals surface area (Å²) in [6.45, 7) is 1.76. The maximum Gasteiger partial charge on any atom is 0.127 e. The van der Waals surface area contributed by atoms with E-state index in [9.17, 15) is 10.2 Å². The van der Waals surface area contributed by atoms with E-state index in [-0.39, 0.29) is 13.2 Å². The Kier molecular flexibility index (Phi) is 6.59. The van der Waals surface area contributed by atoms with Crippen molar-refractivity contribution in [3.05, 3.63) is 66.4 Å². The molecule has 6 heteroatoms. The van der Waals surface area contributed by atoms with Crippen LogP contribution in [-0.2, 0) is 13.6 Å². The zero-order chi connectivity index (χ0) is 19.1. The van der Waals surface area contributed by atoms with Crippen molar-refractivity contribution in [1.82, 2.24) is 14.7 Å². The van der Waals surface area contributed by atoms with Crippen LogP contribution >= 0.6 is 0 Å². The van der Waals surface area contributed by atoms with E-state index < -0.39 is 0 Å². The molecule has 0 fully saturated rings. The molecule has 0 aliphatic heterocycles. The molecule has 0 aliphatic rings. The van der Waals surface area contributed by atoms with E-state index in [1.807, 2.05) is 72.7 Å². The number of aromatic nitrogens is 2. The highest BCUT2D eigenvalue weighted by atomic mass is 16.5. The lowest BCUT2D eigenvalue weighted by molar-refractivity contribution is 0.156. The van der Waals surface area contributed by atoms with Crippen molar-refractivity contribution in [2.75, 3.05) is 26.3 Å². The van der Waals surface area contributed by atoms with Gasteiger partial charge in [-0.3, -0.25) is 9.58 Å². The van der Waals surface area contributed by atoms with Crippen LogP contribution in [0.2, 0.25) is 0 Å². The van der Waals surface area contributed by atoms with E-state index in [1.54, 1.807) is 4.68 Å². The number of ether oxygens (including phenoxy) is 1. The molecular weight excluding hydrogens is 342 g/mol. The second-order valence-corrected chi connectivity index (χ2v) is 6.34. The molecule has 1 heterocycles. The van der Waals surface area contributed by atoms with Crippen LogP contribution in [0, 0.1) is 0 Å². The third kappa shape index (κ3) is 5.17. The molecule has 2 aromatic carbocycles. The Hall–Kier alpha value is -2.67. The van der Waals surface area contributed by atoms with Gasteiger partial charge < -0.3 is 14.9 Å². The lowest BCUT2D eigenvalue weighted by Crippen LogP contribution is -2.29. The summed E-state index contributed by atoms with van der Waals surface area (Å²) in [6, 6.07) is 17.5. The fourth-order valence-corrected chi connectivity index (χ4v) is 3.00. The SMILES string of the molecule is Cn1cc(CN(CCO)CCO)c(-c2ccc(Oc3ccccc3)cc2)n1. The summed E-state index contributed by atoms with van der Waals surface area (Å²) in [6.07, 6.45) is 1.98. The third-order valence-corrected chi connectivity index (χ3v) is 4.24. The molecule has 0 unspecified atom stereocenters. The van der Waals surface area contributed by atoms with Gasteiger partial charge in [0.1, 0.15) is 11.5 Å². The van der Waals surface area contributed by atoms with Gasteiger partial charge in [-0.25, -0.2) is 0 Å². The van der Waals surface area contributed by atoms with Gasteiger partial charge in [0.15, 0.2) is 0 Å². The number of benzene rings is 2. The fourth-order valence-electron chi connectivity index (χ4n) is 3.00. The zero-order valence-electron chi connectivity index (χ0n) is 15.5. The number of hydrogen-bond donors (Lipinski definition) is 2. The van der Waals surface area contributed by atoms with Gasteiger partial charge in [-0.15, -0.1) is 0 Å². The first-order valence-electron chi connectivity index (χ1n) is 8.99. The molecule has 2 N–H and O–H groups in total. The summed E-state index contributed by atoms with van der Waals surface area (Å²) in [4.78, 5) is 2.01. The summed E-state index contributed by atoms with van der Waals surface area (Å²) in [5.41, 5.74) is 2.94. The highest BCUT2D eigenvalue weighted by Crippen LogP contribution is 2.27. The molecule has 0 saturated carbocycles. The maximum atomic E-state index is 9.23. The summed E-state index contributed by atoms with van der Waals surface area (Å²) in [5.74, 6) is 1.57. The van der Waals surface area contributed by atoms with Crippen LogP contribution in [0.1, 0.15) is 5.56 Å². The van der Waals surface area contributed by atoms with Gasteiger partial charge in [-0.1, -0.05) is 18.2 Å². The largest absolute Gasteiger partial charge is 0.457 e. The van der Waals surface area contributed by atoms with E-state index >= 15 is 0 Å². The van der Waals surface area contributed by atoms with Gasteiger partial charge in [0.05, 0.1) is 18.9 Å². The predicted octanol–water partition coefficient (Wildman–Crippen LogP) is 2.67. The van der Waals surface area contributed by atoms with Crippen LogP contribution in [0.4, 0.5) is 0 Å². The van der Waals surface area contributed by atoms with Crippen molar-refractivity contribution in [2.24, 2.45) is 7.05 Å². The first-order valence-corrected chi connectivity index (χ1v) is 8.99. The second kappa shape index (κ2) is 9.32. The van der Waals surface area contributed by atoms with Crippen molar-refractivity contribution < 1.29 is 14.9 Å². The first kappa shape index (κ1) is 19.1. The van der Waals surface area contributed by atoms with Crippen molar-refractivity contribution >= 4 is 0 Å². The molecule has 3 aromatic rings. The molecule has 0 atom stereocenters. The minimum absolute atomic E-state index is 0.0567. The van der Waals surface area contributed by atoms with Gasteiger partial charge in [0.25, 0.3) is 0 Å². The molecule has 142 valence electrons. The lowest BCUT2D eigenvalue weighted by atomic mass is 10.1. The Bertz CT molecular complexity index is 826. The molecule has 1 aromatic heterocycles. The molecule has 0 saturated heterocycles. The highest BCUT2D eigenvalue weighted by Gasteiger charge is 2.14. The Morgan fingerprint density at radius 1 is 0.926 bits per heavy atom. The molecular formula is C21H25N3O3. The lowest BCUT2D eigenvalue weighted by Gasteiger charge is -2.19. The normalized spacial score (nSPS) is 11.1. The number of aliphatic hydroxyl groups is 2. The standard InChI is InChI=1S/C21H25N3O3/c1-23-15-18(16-24(11-13-25)12-14-26)21(22-23)17-7-9-20(10-8-17)27-19-5-3-2-4-6-19/h2-10,15,25-26H,11-14,16H2,1H3. The molecule has 0 radical (unpaired) electrons. The van der Waals surface area contributed by atoms with Crippen molar-refractivity contribution in [1.29, 1.82) is 0 Å². The summed E-state index contributed by atoms with van der Waals surface area (Å²) >= 11 is 0. The Balaban J connectivity index is 1.78. The van der Waals surface area contributed by atoms with Crippen LogP contribution in [0.3, 0.4) is 0 Å². The second-order valence-electron chi connectivity index (χ2n) is 6.34. The van der Waals surface area contributed by atoms with Gasteiger partial charge in [0, 0.05) is 44.0 Å². The minimum atomic E-state index is 0.0567. The Morgan fingerprint density at radius 3 is 2.19 bits per heavy atom. The van der Waals surface area contributed by atoms with E-state index in [4.69, 9.17) is 4.74 Å². The van der Waals surface area contributed by atoms with Crippen molar-refractivity contribution in [3.8, 4) is 22.8 Å². The number of nitrogens with zero attached hydrogens (tertiary/aromatic N) is 3. The molecule has 0 aliphatic carbocycles. The maximum absolute atomic E-state index is 9.23.